The number of carbonyl (C=O) groups is 1. The summed E-state index contributed by atoms with van der Waals surface area (Å²) in [4.78, 5) is 11.3. The summed E-state index contributed by atoms with van der Waals surface area (Å²) in [6.45, 7) is 2.28. The van der Waals surface area contributed by atoms with Crippen molar-refractivity contribution in [2.24, 2.45) is 0 Å². The number of alkyl halides is 2. The molecule has 0 aliphatic rings. The number of hydrogen-bond acceptors (Lipinski definition) is 3. The summed E-state index contributed by atoms with van der Waals surface area (Å²) in [6.07, 6.45) is 0. The first kappa shape index (κ1) is 17.9. The average molecular weight is 354 g/mol. The van der Waals surface area contributed by atoms with Gasteiger partial charge in [0, 0.05) is 12.2 Å². The largest absolute Gasteiger partial charge is 0.341 e. The minimum absolute atomic E-state index is 0.296. The molecule has 2 aromatic rings. The highest BCUT2D eigenvalue weighted by Gasteiger charge is 2.26. The summed E-state index contributed by atoms with van der Waals surface area (Å²) >= 11 is 0. The number of carbonyl (C=O) groups excluding carboxylic acids is 1. The molecule has 0 unspecified atom stereocenters. The van der Waals surface area contributed by atoms with Crippen LogP contribution in [0.3, 0.4) is 0 Å². The van der Waals surface area contributed by atoms with Crippen molar-refractivity contribution < 1.29 is 22.0 Å². The van der Waals surface area contributed by atoms with Crippen LogP contribution in [0, 0.1) is 6.92 Å². The Balaban J connectivity index is 1.93. The van der Waals surface area contributed by atoms with Gasteiger partial charge < -0.3 is 10.6 Å². The Hall–Kier alpha value is -2.48. The third-order valence-corrected chi connectivity index (χ3v) is 4.65. The SMILES string of the molecule is Cc1ccc(CNC(=O)Nc2ccc(S(=O)(=O)C(F)F)cc2)cc1. The summed E-state index contributed by atoms with van der Waals surface area (Å²) in [6, 6.07) is 11.7. The van der Waals surface area contributed by atoms with E-state index in [2.05, 4.69) is 10.6 Å². The molecule has 8 heteroatoms. The number of nitrogens with one attached hydrogen (secondary N) is 2. The first-order valence-corrected chi connectivity index (χ1v) is 8.56. The lowest BCUT2D eigenvalue weighted by Gasteiger charge is -2.09. The van der Waals surface area contributed by atoms with E-state index in [0.29, 0.717) is 12.2 Å². The van der Waals surface area contributed by atoms with E-state index in [1.165, 1.54) is 12.1 Å². The van der Waals surface area contributed by atoms with E-state index in [9.17, 15) is 22.0 Å². The maximum absolute atomic E-state index is 12.4. The fourth-order valence-corrected chi connectivity index (χ4v) is 2.62. The molecule has 0 bridgehead atoms. The van der Waals surface area contributed by atoms with E-state index >= 15 is 0 Å². The van der Waals surface area contributed by atoms with Gasteiger partial charge in [-0.15, -0.1) is 0 Å². The van der Waals surface area contributed by atoms with Crippen LogP contribution >= 0.6 is 0 Å². The Labute approximate surface area is 138 Å². The smallest absolute Gasteiger partial charge is 0.334 e. The zero-order valence-corrected chi connectivity index (χ0v) is 13.6. The number of amides is 2. The van der Waals surface area contributed by atoms with Gasteiger partial charge in [0.2, 0.25) is 9.84 Å². The molecule has 0 saturated carbocycles. The van der Waals surface area contributed by atoms with Crippen molar-refractivity contribution in [2.75, 3.05) is 5.32 Å². The second kappa shape index (κ2) is 7.39. The van der Waals surface area contributed by atoms with E-state index in [1.807, 2.05) is 31.2 Å². The second-order valence-electron chi connectivity index (χ2n) is 5.12. The highest BCUT2D eigenvalue weighted by molar-refractivity contribution is 7.91. The lowest BCUT2D eigenvalue weighted by Crippen LogP contribution is -2.28. The molecular weight excluding hydrogens is 338 g/mol. The molecule has 0 spiro atoms. The van der Waals surface area contributed by atoms with Crippen molar-refractivity contribution >= 4 is 21.6 Å². The Morgan fingerprint density at radius 2 is 1.62 bits per heavy atom. The maximum atomic E-state index is 12.4. The van der Waals surface area contributed by atoms with Crippen molar-refractivity contribution in [1.29, 1.82) is 0 Å². The molecule has 0 radical (unpaired) electrons. The van der Waals surface area contributed by atoms with Crippen LogP contribution in [0.15, 0.2) is 53.4 Å². The molecule has 24 heavy (non-hydrogen) atoms. The highest BCUT2D eigenvalue weighted by Crippen LogP contribution is 2.20. The molecule has 0 fully saturated rings. The van der Waals surface area contributed by atoms with E-state index < -0.39 is 26.5 Å². The van der Waals surface area contributed by atoms with Crippen LogP contribution in [0.1, 0.15) is 11.1 Å². The van der Waals surface area contributed by atoms with Crippen LogP contribution in [0.5, 0.6) is 0 Å². The van der Waals surface area contributed by atoms with Gasteiger partial charge in [-0.1, -0.05) is 29.8 Å². The van der Waals surface area contributed by atoms with Crippen LogP contribution in [-0.2, 0) is 16.4 Å². The summed E-state index contributed by atoms with van der Waals surface area (Å²) in [5, 5.41) is 5.14. The summed E-state index contributed by atoms with van der Waals surface area (Å²) in [5.74, 6) is -3.48. The Morgan fingerprint density at radius 3 is 2.17 bits per heavy atom. The molecule has 0 aliphatic carbocycles. The minimum atomic E-state index is -4.63. The predicted molar refractivity (Wildman–Crippen MR) is 86.7 cm³/mol. The van der Waals surface area contributed by atoms with Gasteiger partial charge in [-0.25, -0.2) is 13.2 Å². The van der Waals surface area contributed by atoms with Gasteiger partial charge in [0.1, 0.15) is 0 Å². The van der Waals surface area contributed by atoms with Crippen LogP contribution < -0.4 is 10.6 Å². The number of urea groups is 1. The molecule has 0 atom stereocenters. The van der Waals surface area contributed by atoms with Gasteiger partial charge in [0.15, 0.2) is 0 Å². The lowest BCUT2D eigenvalue weighted by molar-refractivity contribution is 0.234. The van der Waals surface area contributed by atoms with Crippen molar-refractivity contribution in [3.8, 4) is 0 Å². The van der Waals surface area contributed by atoms with Gasteiger partial charge in [-0.2, -0.15) is 8.78 Å². The molecule has 2 amide bonds. The summed E-state index contributed by atoms with van der Waals surface area (Å²) in [7, 11) is -4.63. The molecule has 2 aromatic carbocycles. The molecule has 5 nitrogen and oxygen atoms in total. The molecule has 2 rings (SSSR count). The molecule has 2 N–H and O–H groups in total. The summed E-state index contributed by atoms with van der Waals surface area (Å²) < 4.78 is 47.5. The third kappa shape index (κ3) is 4.51. The number of hydrogen-bond donors (Lipinski definition) is 2. The summed E-state index contributed by atoms with van der Waals surface area (Å²) in [5.41, 5.74) is 2.33. The third-order valence-electron chi connectivity index (χ3n) is 3.25. The molecule has 0 aromatic heterocycles. The molecule has 128 valence electrons. The second-order valence-corrected chi connectivity index (χ2v) is 7.04. The van der Waals surface area contributed by atoms with Crippen molar-refractivity contribution in [1.82, 2.24) is 5.32 Å². The fourth-order valence-electron chi connectivity index (χ4n) is 1.89. The van der Waals surface area contributed by atoms with E-state index in [0.717, 1.165) is 23.3 Å². The monoisotopic (exact) mass is 354 g/mol. The van der Waals surface area contributed by atoms with Crippen molar-refractivity contribution in [2.45, 2.75) is 24.1 Å². The van der Waals surface area contributed by atoms with Crippen LogP contribution in [0.25, 0.3) is 0 Å². The molecule has 0 heterocycles. The standard InChI is InChI=1S/C16H16F2N2O3S/c1-11-2-4-12(5-3-11)10-19-16(21)20-13-6-8-14(9-7-13)24(22,23)15(17)18/h2-9,15H,10H2,1H3,(H2,19,20,21). The number of halogens is 2. The van der Waals surface area contributed by atoms with Gasteiger partial charge in [-0.3, -0.25) is 0 Å². The van der Waals surface area contributed by atoms with Gasteiger partial charge in [-0.05, 0) is 36.8 Å². The Morgan fingerprint density at radius 1 is 1.04 bits per heavy atom. The van der Waals surface area contributed by atoms with E-state index in [4.69, 9.17) is 0 Å². The number of rotatable bonds is 5. The highest BCUT2D eigenvalue weighted by atomic mass is 32.2. The first-order chi connectivity index (χ1) is 11.3. The molecule has 0 saturated heterocycles. The van der Waals surface area contributed by atoms with Gasteiger partial charge in [0.05, 0.1) is 4.90 Å². The van der Waals surface area contributed by atoms with E-state index in [-0.39, 0.29) is 0 Å². The normalized spacial score (nSPS) is 11.3. The van der Waals surface area contributed by atoms with Gasteiger partial charge in [0.25, 0.3) is 0 Å². The predicted octanol–water partition coefficient (Wildman–Crippen LogP) is 3.31. The van der Waals surface area contributed by atoms with Crippen LogP contribution in [0.4, 0.5) is 19.3 Å². The number of benzene rings is 2. The molecular formula is C16H16F2N2O3S. The Bertz CT molecular complexity index is 804. The number of aryl methyl sites for hydroxylation is 1. The van der Waals surface area contributed by atoms with Crippen LogP contribution in [0.2, 0.25) is 0 Å². The number of sulfone groups is 1. The van der Waals surface area contributed by atoms with Gasteiger partial charge >= 0.3 is 11.8 Å². The molecule has 0 aliphatic heterocycles. The topological polar surface area (TPSA) is 75.3 Å². The fraction of sp³-hybridized carbons (Fsp3) is 0.188. The maximum Gasteiger partial charge on any atom is 0.341 e. The first-order valence-electron chi connectivity index (χ1n) is 7.01. The zero-order chi connectivity index (χ0) is 17.7. The lowest BCUT2D eigenvalue weighted by atomic mass is 10.1. The van der Waals surface area contributed by atoms with Crippen molar-refractivity contribution in [3.63, 3.8) is 0 Å². The average Bonchev–Trinajstić information content (AvgIpc) is 2.54. The Kier molecular flexibility index (Phi) is 5.50. The minimum Gasteiger partial charge on any atom is -0.334 e. The quantitative estimate of drug-likeness (QED) is 0.865. The van der Waals surface area contributed by atoms with Crippen molar-refractivity contribution in [3.05, 3.63) is 59.7 Å². The van der Waals surface area contributed by atoms with E-state index in [1.54, 1.807) is 0 Å². The number of anilines is 1. The van der Waals surface area contributed by atoms with Crippen LogP contribution in [-0.4, -0.2) is 20.2 Å². The zero-order valence-electron chi connectivity index (χ0n) is 12.8.